The molecule has 5 unspecified atom stereocenters. The minimum atomic E-state index is -6.03. The number of aromatic nitrogens is 1. The van der Waals surface area contributed by atoms with Crippen molar-refractivity contribution in [1.82, 2.24) is 25.2 Å². The lowest BCUT2D eigenvalue weighted by Crippen LogP contribution is -2.67. The average Bonchev–Trinajstić information content (AvgIpc) is 3.82. The quantitative estimate of drug-likeness (QED) is 0.210. The van der Waals surface area contributed by atoms with Gasteiger partial charge < -0.3 is 25.0 Å². The van der Waals surface area contributed by atoms with Gasteiger partial charge in [-0.15, -0.1) is 0 Å². The fourth-order valence-electron chi connectivity index (χ4n) is 8.92. The molecule has 5 aliphatic rings. The Kier molecular flexibility index (Phi) is 11.0. The lowest BCUT2D eigenvalue weighted by molar-refractivity contribution is -0.332. The van der Waals surface area contributed by atoms with Gasteiger partial charge in [0.2, 0.25) is 21.8 Å². The molecule has 1 aromatic heterocycles. The number of carbonyl (C=O) groups is 3. The number of hydrogen-bond acceptors (Lipinski definition) is 8. The summed E-state index contributed by atoms with van der Waals surface area (Å²) in [6, 6.07) is 4.95. The number of amides is 3. The summed E-state index contributed by atoms with van der Waals surface area (Å²) in [6.07, 6.45) is 1.57. The molecular formula is C41H52F5N5O7S. The maximum atomic E-state index is 14.8. The zero-order valence-corrected chi connectivity index (χ0v) is 34.5. The third kappa shape index (κ3) is 7.99. The summed E-state index contributed by atoms with van der Waals surface area (Å²) in [6.45, 7) is 4.15. The summed E-state index contributed by atoms with van der Waals surface area (Å²) in [4.78, 5) is 48.7. The van der Waals surface area contributed by atoms with Gasteiger partial charge in [-0.05, 0) is 91.5 Å². The molecule has 2 saturated carbocycles. The molecule has 2 aromatic rings. The van der Waals surface area contributed by atoms with Gasteiger partial charge in [0.05, 0.1) is 28.0 Å². The molecule has 1 spiro atoms. The Hall–Kier alpha value is -4.06. The topological polar surface area (TPSA) is 156 Å². The first kappa shape index (κ1) is 43.0. The first-order valence-corrected chi connectivity index (χ1v) is 21.8. The van der Waals surface area contributed by atoms with Gasteiger partial charge in [-0.2, -0.15) is 22.0 Å². The molecule has 1 aromatic carbocycles. The van der Waals surface area contributed by atoms with E-state index in [1.54, 1.807) is 6.92 Å². The predicted octanol–water partition coefficient (Wildman–Crippen LogP) is 6.54. The number of aryl methyl sites for hydroxylation is 2. The van der Waals surface area contributed by atoms with Gasteiger partial charge in [-0.3, -0.25) is 9.59 Å². The molecule has 0 bridgehead atoms. The second kappa shape index (κ2) is 15.1. The summed E-state index contributed by atoms with van der Waals surface area (Å²) in [7, 11) is -3.72. The van der Waals surface area contributed by atoms with E-state index in [9.17, 15) is 44.8 Å². The second-order valence-corrected chi connectivity index (χ2v) is 20.1. The van der Waals surface area contributed by atoms with E-state index in [4.69, 9.17) is 14.5 Å². The fraction of sp³-hybridized carbons (Fsp3) is 0.659. The van der Waals surface area contributed by atoms with Crippen LogP contribution in [0.5, 0.6) is 5.75 Å². The van der Waals surface area contributed by atoms with Crippen LogP contribution in [-0.4, -0.2) is 95.0 Å². The fourth-order valence-corrected chi connectivity index (χ4v) is 10.4. The van der Waals surface area contributed by atoms with Gasteiger partial charge in [0, 0.05) is 29.8 Å². The number of carbonyl (C=O) groups excluding carboxylic acids is 3. The summed E-state index contributed by atoms with van der Waals surface area (Å²) in [5.41, 5.74) is -3.14. The summed E-state index contributed by atoms with van der Waals surface area (Å²) < 4.78 is 109. The van der Waals surface area contributed by atoms with Gasteiger partial charge in [-0.1, -0.05) is 43.2 Å². The van der Waals surface area contributed by atoms with Crippen molar-refractivity contribution in [1.29, 1.82) is 0 Å². The minimum absolute atomic E-state index is 0.0126. The molecule has 3 fully saturated rings. The zero-order chi connectivity index (χ0) is 42.8. The summed E-state index contributed by atoms with van der Waals surface area (Å²) >= 11 is 0. The van der Waals surface area contributed by atoms with Crippen LogP contribution >= 0.6 is 0 Å². The number of nitrogens with one attached hydrogen (secondary N) is 3. The van der Waals surface area contributed by atoms with E-state index < -0.39 is 73.6 Å². The van der Waals surface area contributed by atoms with Gasteiger partial charge in [0.15, 0.2) is 5.60 Å². The molecule has 1 saturated heterocycles. The highest BCUT2D eigenvalue weighted by molar-refractivity contribution is 7.91. The lowest BCUT2D eigenvalue weighted by atomic mass is 9.66. The lowest BCUT2D eigenvalue weighted by Gasteiger charge is -2.50. The Balaban J connectivity index is 1.22. The third-order valence-corrected chi connectivity index (χ3v) is 15.4. The van der Waals surface area contributed by atoms with Crippen molar-refractivity contribution >= 4 is 38.8 Å². The number of hydrogen-bond donors (Lipinski definition) is 3. The van der Waals surface area contributed by atoms with Crippen LogP contribution in [0.1, 0.15) is 103 Å². The van der Waals surface area contributed by atoms with E-state index >= 15 is 0 Å². The molecule has 3 amide bonds. The van der Waals surface area contributed by atoms with Crippen LogP contribution in [0.15, 0.2) is 36.4 Å². The number of halogens is 5. The highest BCUT2D eigenvalue weighted by atomic mass is 32.2. The van der Waals surface area contributed by atoms with Crippen molar-refractivity contribution in [2.45, 2.75) is 150 Å². The number of alkyl halides is 5. The van der Waals surface area contributed by atoms with Crippen molar-refractivity contribution in [2.24, 2.45) is 5.92 Å². The largest absolute Gasteiger partial charge is 0.483 e. The first-order chi connectivity index (χ1) is 27.5. The number of para-hydroxylation sites is 1. The molecule has 59 heavy (non-hydrogen) atoms. The SMILES string of the molecule is Cc1nc2ccccc2c2c1OC1(CC2)CC2C(=O)NC3(CNS(=O)(=O)C4(C)CC4)CCC3C=CCCCCCC(NC(=O)OC(C)(C)C(F)(F)C(F)(F)F)C(=O)N2C1. The van der Waals surface area contributed by atoms with E-state index in [1.165, 1.54) is 4.90 Å². The van der Waals surface area contributed by atoms with Crippen LogP contribution in [0.25, 0.3) is 10.9 Å². The van der Waals surface area contributed by atoms with Crippen LogP contribution in [0.4, 0.5) is 26.7 Å². The Morgan fingerprint density at radius 2 is 1.78 bits per heavy atom. The van der Waals surface area contributed by atoms with E-state index in [1.807, 2.05) is 43.3 Å². The van der Waals surface area contributed by atoms with Crippen molar-refractivity contribution in [3.63, 3.8) is 0 Å². The molecule has 3 aliphatic heterocycles. The average molecular weight is 854 g/mol. The predicted molar refractivity (Wildman–Crippen MR) is 207 cm³/mol. The van der Waals surface area contributed by atoms with Crippen LogP contribution in [-0.2, 0) is 30.8 Å². The number of nitrogens with zero attached hydrogens (tertiary/aromatic N) is 2. The zero-order valence-electron chi connectivity index (χ0n) is 33.6. The van der Waals surface area contributed by atoms with E-state index in [0.29, 0.717) is 89.5 Å². The third-order valence-electron chi connectivity index (χ3n) is 13.2. The van der Waals surface area contributed by atoms with Crippen molar-refractivity contribution in [3.8, 4) is 5.75 Å². The number of pyridine rings is 1. The molecule has 2 aliphatic carbocycles. The van der Waals surface area contributed by atoms with Crippen LogP contribution in [0.2, 0.25) is 0 Å². The van der Waals surface area contributed by atoms with E-state index in [2.05, 4.69) is 15.4 Å². The van der Waals surface area contributed by atoms with Gasteiger partial charge in [-0.25, -0.2) is 22.9 Å². The molecule has 12 nitrogen and oxygen atoms in total. The molecule has 7 rings (SSSR count). The molecule has 4 heterocycles. The molecule has 3 N–H and O–H groups in total. The number of alkyl carbamates (subject to hydrolysis) is 1. The summed E-state index contributed by atoms with van der Waals surface area (Å²) in [5, 5.41) is 6.32. The maximum Gasteiger partial charge on any atom is 0.457 e. The minimum Gasteiger partial charge on any atom is -0.483 e. The number of benzene rings is 1. The standard InChI is InChI=1S/C41H52F5N5O7S/c1-25-32-28(27-13-10-11-14-29(27)48-25)17-18-38(57-32)22-31-33(52)50-39(23-47-59(55,56)37(4)20-21-37)19-16-26(39)12-8-6-5-7-9-15-30(34(53)51(31)24-38)49-35(54)58-36(2,3)40(42,43)41(44,45)46/h8,10-14,26,30-31,47H,5-7,9,15-24H2,1-4H3,(H,49,54)(H,50,52). The Labute approximate surface area is 340 Å². The molecule has 0 radical (unpaired) electrons. The number of sulfonamides is 1. The molecule has 5 atom stereocenters. The second-order valence-electron chi connectivity index (χ2n) is 17.8. The van der Waals surface area contributed by atoms with Gasteiger partial charge in [0.25, 0.3) is 0 Å². The maximum absolute atomic E-state index is 14.8. The number of fused-ring (bicyclic) bond motifs is 5. The molecule has 18 heteroatoms. The smallest absolute Gasteiger partial charge is 0.457 e. The number of rotatable bonds is 7. The van der Waals surface area contributed by atoms with E-state index in [-0.39, 0.29) is 31.8 Å². The molecule has 324 valence electrons. The Morgan fingerprint density at radius 3 is 2.46 bits per heavy atom. The Bertz CT molecular complexity index is 2140. The van der Waals surface area contributed by atoms with Crippen LogP contribution < -0.4 is 20.1 Å². The van der Waals surface area contributed by atoms with Crippen LogP contribution in [0, 0.1) is 12.8 Å². The monoisotopic (exact) mass is 853 g/mol. The van der Waals surface area contributed by atoms with E-state index in [0.717, 1.165) is 16.5 Å². The summed E-state index contributed by atoms with van der Waals surface area (Å²) in [5.74, 6) is -6.45. The normalized spacial score (nSPS) is 28.9. The number of ether oxygens (including phenoxy) is 2. The Morgan fingerprint density at radius 1 is 1.05 bits per heavy atom. The van der Waals surface area contributed by atoms with Gasteiger partial charge >= 0.3 is 18.2 Å². The highest BCUT2D eigenvalue weighted by Gasteiger charge is 2.68. The van der Waals surface area contributed by atoms with Crippen molar-refractivity contribution in [2.75, 3.05) is 13.1 Å². The van der Waals surface area contributed by atoms with Gasteiger partial charge in [0.1, 0.15) is 23.4 Å². The number of allylic oxidation sites excluding steroid dienone is 1. The van der Waals surface area contributed by atoms with Crippen LogP contribution in [0.3, 0.4) is 0 Å². The van der Waals surface area contributed by atoms with Crippen molar-refractivity contribution in [3.05, 3.63) is 47.7 Å². The molecular weight excluding hydrogens is 802 g/mol. The van der Waals surface area contributed by atoms with Crippen molar-refractivity contribution < 1.29 is 54.2 Å². The first-order valence-electron chi connectivity index (χ1n) is 20.3. The highest BCUT2D eigenvalue weighted by Crippen LogP contribution is 2.48.